The maximum atomic E-state index is 12.6. The van der Waals surface area contributed by atoms with Crippen molar-refractivity contribution in [3.8, 4) is 0 Å². The van der Waals surface area contributed by atoms with Gasteiger partial charge in [-0.25, -0.2) is 0 Å². The van der Waals surface area contributed by atoms with E-state index < -0.39 is 0 Å². The maximum Gasteiger partial charge on any atom is 0.257 e. The Bertz CT molecular complexity index is 914. The highest BCUT2D eigenvalue weighted by Crippen LogP contribution is 2.18. The summed E-state index contributed by atoms with van der Waals surface area (Å²) in [6, 6.07) is 16.1. The van der Waals surface area contributed by atoms with Crippen molar-refractivity contribution in [2.45, 2.75) is 0 Å². The van der Waals surface area contributed by atoms with E-state index in [4.69, 9.17) is 0 Å². The predicted molar refractivity (Wildman–Crippen MR) is 94.2 cm³/mol. The summed E-state index contributed by atoms with van der Waals surface area (Å²) >= 11 is 0. The largest absolute Gasteiger partial charge is 0.345 e. The second kappa shape index (κ2) is 6.50. The van der Waals surface area contributed by atoms with E-state index in [-0.39, 0.29) is 11.8 Å². The van der Waals surface area contributed by atoms with Crippen LogP contribution < -0.4 is 5.32 Å². The molecule has 1 N–H and O–H groups in total. The molecule has 120 valence electrons. The number of benzene rings is 2. The van der Waals surface area contributed by atoms with Crippen LogP contribution in [0.4, 0.5) is 5.69 Å². The fraction of sp³-hybridized carbons (Fsp3) is 0.105. The van der Waals surface area contributed by atoms with Crippen LogP contribution >= 0.6 is 0 Å². The molecule has 0 saturated carbocycles. The number of carbonyl (C=O) groups excluding carboxylic acids is 2. The molecule has 0 aliphatic rings. The Morgan fingerprint density at radius 3 is 2.54 bits per heavy atom. The molecule has 1 heterocycles. The first kappa shape index (κ1) is 15.7. The lowest BCUT2D eigenvalue weighted by Gasteiger charge is -2.12. The van der Waals surface area contributed by atoms with Crippen LogP contribution in [0.3, 0.4) is 0 Å². The average molecular weight is 319 g/mol. The number of para-hydroxylation sites is 1. The van der Waals surface area contributed by atoms with Crippen molar-refractivity contribution in [1.82, 2.24) is 9.88 Å². The molecule has 5 heteroatoms. The zero-order valence-corrected chi connectivity index (χ0v) is 13.5. The molecule has 0 spiro atoms. The van der Waals surface area contributed by atoms with Gasteiger partial charge in [0.15, 0.2) is 0 Å². The number of nitrogens with one attached hydrogen (secondary N) is 1. The van der Waals surface area contributed by atoms with Gasteiger partial charge in [-0.05, 0) is 30.3 Å². The standard InChI is InChI=1S/C19H17N3O2/c1-22(2)19(24)14-7-3-9-15(12-14)21-18(23)16-10-4-6-13-8-5-11-20-17(13)16/h3-12H,1-2H3,(H,21,23). The molecule has 2 aromatic carbocycles. The Balaban J connectivity index is 1.90. The third-order valence-corrected chi connectivity index (χ3v) is 3.65. The smallest absolute Gasteiger partial charge is 0.257 e. The van der Waals surface area contributed by atoms with Crippen molar-refractivity contribution in [2.75, 3.05) is 19.4 Å². The maximum absolute atomic E-state index is 12.6. The minimum absolute atomic E-state index is 0.113. The predicted octanol–water partition coefficient (Wildman–Crippen LogP) is 3.19. The van der Waals surface area contributed by atoms with Gasteiger partial charge in [0.2, 0.25) is 0 Å². The molecule has 0 unspecified atom stereocenters. The fourth-order valence-electron chi connectivity index (χ4n) is 2.47. The second-order valence-electron chi connectivity index (χ2n) is 5.62. The quantitative estimate of drug-likeness (QED) is 0.806. The van der Waals surface area contributed by atoms with E-state index in [1.165, 1.54) is 4.90 Å². The summed E-state index contributed by atoms with van der Waals surface area (Å²) in [5.74, 6) is -0.369. The number of rotatable bonds is 3. The Kier molecular flexibility index (Phi) is 4.24. The Hall–Kier alpha value is -3.21. The number of anilines is 1. The summed E-state index contributed by atoms with van der Waals surface area (Å²) in [4.78, 5) is 30.4. The van der Waals surface area contributed by atoms with Gasteiger partial charge in [0.05, 0.1) is 11.1 Å². The molecule has 3 aromatic rings. The summed E-state index contributed by atoms with van der Waals surface area (Å²) in [5.41, 5.74) is 2.24. The van der Waals surface area contributed by atoms with Crippen molar-refractivity contribution in [3.63, 3.8) is 0 Å². The summed E-state index contributed by atoms with van der Waals surface area (Å²) in [5, 5.41) is 3.74. The lowest BCUT2D eigenvalue weighted by Crippen LogP contribution is -2.22. The first-order valence-corrected chi connectivity index (χ1v) is 7.53. The topological polar surface area (TPSA) is 62.3 Å². The van der Waals surface area contributed by atoms with Gasteiger partial charge < -0.3 is 10.2 Å². The summed E-state index contributed by atoms with van der Waals surface area (Å²) in [7, 11) is 3.38. The molecule has 0 atom stereocenters. The molecule has 2 amide bonds. The summed E-state index contributed by atoms with van der Waals surface area (Å²) in [6.07, 6.45) is 1.66. The van der Waals surface area contributed by atoms with Crippen LogP contribution in [-0.2, 0) is 0 Å². The van der Waals surface area contributed by atoms with Crippen LogP contribution in [0.2, 0.25) is 0 Å². The average Bonchev–Trinajstić information content (AvgIpc) is 2.60. The molecule has 5 nitrogen and oxygen atoms in total. The molecule has 0 bridgehead atoms. The van der Waals surface area contributed by atoms with Crippen LogP contribution in [0.15, 0.2) is 60.8 Å². The van der Waals surface area contributed by atoms with Gasteiger partial charge in [0, 0.05) is 36.9 Å². The van der Waals surface area contributed by atoms with E-state index >= 15 is 0 Å². The van der Waals surface area contributed by atoms with Crippen LogP contribution in [-0.4, -0.2) is 35.8 Å². The van der Waals surface area contributed by atoms with E-state index in [0.29, 0.717) is 22.3 Å². The molecule has 3 rings (SSSR count). The minimum Gasteiger partial charge on any atom is -0.345 e. The molecule has 0 fully saturated rings. The van der Waals surface area contributed by atoms with Crippen molar-refractivity contribution >= 4 is 28.4 Å². The van der Waals surface area contributed by atoms with Gasteiger partial charge in [0.25, 0.3) is 11.8 Å². The van der Waals surface area contributed by atoms with Crippen LogP contribution in [0.5, 0.6) is 0 Å². The van der Waals surface area contributed by atoms with Gasteiger partial charge in [-0.3, -0.25) is 14.6 Å². The molecular weight excluding hydrogens is 302 g/mol. The monoisotopic (exact) mass is 319 g/mol. The van der Waals surface area contributed by atoms with Gasteiger partial charge in [-0.2, -0.15) is 0 Å². The van der Waals surface area contributed by atoms with E-state index in [9.17, 15) is 9.59 Å². The van der Waals surface area contributed by atoms with E-state index in [2.05, 4.69) is 10.3 Å². The number of hydrogen-bond acceptors (Lipinski definition) is 3. The third-order valence-electron chi connectivity index (χ3n) is 3.65. The third kappa shape index (κ3) is 3.10. The lowest BCUT2D eigenvalue weighted by molar-refractivity contribution is 0.0827. The number of hydrogen-bond donors (Lipinski definition) is 1. The number of aromatic nitrogens is 1. The van der Waals surface area contributed by atoms with Crippen LogP contribution in [0.25, 0.3) is 10.9 Å². The highest BCUT2D eigenvalue weighted by molar-refractivity contribution is 6.12. The normalized spacial score (nSPS) is 10.4. The molecule has 0 radical (unpaired) electrons. The van der Waals surface area contributed by atoms with E-state index in [1.54, 1.807) is 50.6 Å². The highest BCUT2D eigenvalue weighted by atomic mass is 16.2. The van der Waals surface area contributed by atoms with Crippen molar-refractivity contribution < 1.29 is 9.59 Å². The SMILES string of the molecule is CN(C)C(=O)c1cccc(NC(=O)c2cccc3cccnc23)c1. The molecule has 0 aliphatic carbocycles. The zero-order valence-electron chi connectivity index (χ0n) is 13.5. The number of pyridine rings is 1. The van der Waals surface area contributed by atoms with Gasteiger partial charge in [0.1, 0.15) is 0 Å². The van der Waals surface area contributed by atoms with E-state index in [0.717, 1.165) is 5.39 Å². The zero-order chi connectivity index (χ0) is 17.1. The minimum atomic E-state index is -0.256. The Morgan fingerprint density at radius 1 is 1.00 bits per heavy atom. The van der Waals surface area contributed by atoms with Gasteiger partial charge >= 0.3 is 0 Å². The highest BCUT2D eigenvalue weighted by Gasteiger charge is 2.13. The van der Waals surface area contributed by atoms with Crippen LogP contribution in [0, 0.1) is 0 Å². The lowest BCUT2D eigenvalue weighted by atomic mass is 10.1. The molecule has 1 aromatic heterocycles. The van der Waals surface area contributed by atoms with Crippen molar-refractivity contribution in [2.24, 2.45) is 0 Å². The van der Waals surface area contributed by atoms with Crippen molar-refractivity contribution in [1.29, 1.82) is 0 Å². The van der Waals surface area contributed by atoms with Gasteiger partial charge in [-0.15, -0.1) is 0 Å². The first-order chi connectivity index (χ1) is 11.6. The summed E-state index contributed by atoms with van der Waals surface area (Å²) in [6.45, 7) is 0. The molecule has 0 aliphatic heterocycles. The fourth-order valence-corrected chi connectivity index (χ4v) is 2.47. The molecule has 0 saturated heterocycles. The van der Waals surface area contributed by atoms with Crippen molar-refractivity contribution in [3.05, 3.63) is 71.9 Å². The molecular formula is C19H17N3O2. The molecule has 24 heavy (non-hydrogen) atoms. The van der Waals surface area contributed by atoms with E-state index in [1.807, 2.05) is 24.3 Å². The second-order valence-corrected chi connectivity index (χ2v) is 5.62. The number of nitrogens with zero attached hydrogens (tertiary/aromatic N) is 2. The first-order valence-electron chi connectivity index (χ1n) is 7.53. The number of fused-ring (bicyclic) bond motifs is 1. The van der Waals surface area contributed by atoms with Gasteiger partial charge in [-0.1, -0.05) is 24.3 Å². The number of carbonyl (C=O) groups is 2. The number of amides is 2. The Labute approximate surface area is 139 Å². The summed E-state index contributed by atoms with van der Waals surface area (Å²) < 4.78 is 0. The van der Waals surface area contributed by atoms with Crippen LogP contribution in [0.1, 0.15) is 20.7 Å². The Morgan fingerprint density at radius 2 is 1.75 bits per heavy atom.